The summed E-state index contributed by atoms with van der Waals surface area (Å²) in [6.45, 7) is 6.16. The highest BCUT2D eigenvalue weighted by atomic mass is 16.6. The molecule has 0 aromatic heterocycles. The molecule has 34 heavy (non-hydrogen) atoms. The molecule has 1 spiro atoms. The van der Waals surface area contributed by atoms with E-state index in [1.807, 2.05) is 26.0 Å². The van der Waals surface area contributed by atoms with E-state index in [9.17, 15) is 24.5 Å². The Balaban J connectivity index is 1.54. The molecule has 0 aliphatic carbocycles. The summed E-state index contributed by atoms with van der Waals surface area (Å²) in [5, 5.41) is 14.5. The number of fused-ring (bicyclic) bond motifs is 7. The predicted octanol–water partition coefficient (Wildman–Crippen LogP) is 2.95. The summed E-state index contributed by atoms with van der Waals surface area (Å²) in [6, 6.07) is 8.02. The van der Waals surface area contributed by atoms with Crippen molar-refractivity contribution in [2.45, 2.75) is 45.2 Å². The molecule has 6 rings (SSSR count). The molecule has 2 aromatic rings. The lowest BCUT2D eigenvalue weighted by molar-refractivity contribution is -0.385. The average Bonchev–Trinajstić information content (AvgIpc) is 3.50. The molecule has 0 radical (unpaired) electrons. The fourth-order valence-electron chi connectivity index (χ4n) is 6.71. The second-order valence-corrected chi connectivity index (χ2v) is 9.80. The fraction of sp³-hybridized carbons (Fsp3) is 0.400. The van der Waals surface area contributed by atoms with Crippen LogP contribution in [0, 0.1) is 42.7 Å². The molecule has 1 N–H and O–H groups in total. The van der Waals surface area contributed by atoms with Crippen LogP contribution in [0.1, 0.15) is 35.1 Å². The number of carbonyl (C=O) groups excluding carboxylic acids is 3. The summed E-state index contributed by atoms with van der Waals surface area (Å²) in [7, 11) is 0. The van der Waals surface area contributed by atoms with E-state index in [4.69, 9.17) is 0 Å². The molecule has 9 heteroatoms. The van der Waals surface area contributed by atoms with Crippen molar-refractivity contribution in [2.24, 2.45) is 11.8 Å². The van der Waals surface area contributed by atoms with Crippen LogP contribution in [0.2, 0.25) is 0 Å². The predicted molar refractivity (Wildman–Crippen MR) is 123 cm³/mol. The number of imide groups is 1. The summed E-state index contributed by atoms with van der Waals surface area (Å²) in [5.41, 5.74) is 2.68. The molecule has 2 aromatic carbocycles. The van der Waals surface area contributed by atoms with Gasteiger partial charge in [-0.05, 0) is 57.4 Å². The molecular weight excluding hydrogens is 436 g/mol. The molecule has 0 saturated carbocycles. The van der Waals surface area contributed by atoms with Crippen molar-refractivity contribution in [3.63, 3.8) is 0 Å². The Bertz CT molecular complexity index is 1340. The van der Waals surface area contributed by atoms with Gasteiger partial charge in [0.25, 0.3) is 5.69 Å². The number of nitro benzene ring substituents is 1. The van der Waals surface area contributed by atoms with Gasteiger partial charge in [0, 0.05) is 28.9 Å². The zero-order valence-electron chi connectivity index (χ0n) is 19.1. The Morgan fingerprint density at radius 1 is 1.06 bits per heavy atom. The summed E-state index contributed by atoms with van der Waals surface area (Å²) in [6.07, 6.45) is 1.55. The normalized spacial score (nSPS) is 29.6. The largest absolute Gasteiger partial charge is 0.324 e. The molecule has 4 atom stereocenters. The van der Waals surface area contributed by atoms with E-state index in [2.05, 4.69) is 10.2 Å². The quantitative estimate of drug-likeness (QED) is 0.419. The van der Waals surface area contributed by atoms with Crippen LogP contribution < -0.4 is 10.2 Å². The van der Waals surface area contributed by atoms with Crippen molar-refractivity contribution >= 4 is 34.8 Å². The summed E-state index contributed by atoms with van der Waals surface area (Å²) < 4.78 is 0. The maximum atomic E-state index is 14.0. The fourth-order valence-corrected chi connectivity index (χ4v) is 6.71. The second kappa shape index (κ2) is 6.73. The van der Waals surface area contributed by atoms with E-state index in [0.717, 1.165) is 40.1 Å². The molecule has 3 fully saturated rings. The number of nitro groups is 1. The first-order chi connectivity index (χ1) is 16.2. The van der Waals surface area contributed by atoms with E-state index >= 15 is 0 Å². The number of benzene rings is 2. The zero-order valence-corrected chi connectivity index (χ0v) is 19.1. The number of hydrogen-bond donors (Lipinski definition) is 1. The minimum absolute atomic E-state index is 0.151. The van der Waals surface area contributed by atoms with Gasteiger partial charge in [0.2, 0.25) is 17.7 Å². The third kappa shape index (κ3) is 2.30. The van der Waals surface area contributed by atoms with Crippen LogP contribution in [0.5, 0.6) is 0 Å². The number of anilines is 2. The molecule has 4 aliphatic heterocycles. The topological polar surface area (TPSA) is 113 Å². The number of nitrogens with one attached hydrogen (secondary N) is 1. The molecule has 9 nitrogen and oxygen atoms in total. The standard InChI is InChI=1S/C25H24N4O5/c1-12-7-9-16-21(14(12)3)26-24(32)25(16)20-19(17-5-4-10-27(17)25)22(30)28(23(20)31)15-8-6-13(2)18(11-15)29(33)34/h6-9,11,17,19-20H,4-5,10H2,1-3H3,(H,26,32)/t17-,19+,20+,25-/m0/s1. The van der Waals surface area contributed by atoms with Gasteiger partial charge in [-0.1, -0.05) is 18.2 Å². The van der Waals surface area contributed by atoms with Crippen LogP contribution >= 0.6 is 0 Å². The first-order valence-corrected chi connectivity index (χ1v) is 11.5. The van der Waals surface area contributed by atoms with Crippen molar-refractivity contribution < 1.29 is 19.3 Å². The first kappa shape index (κ1) is 21.0. The molecule has 174 valence electrons. The molecule has 4 heterocycles. The number of hydrogen-bond acceptors (Lipinski definition) is 6. The van der Waals surface area contributed by atoms with E-state index in [0.29, 0.717) is 12.1 Å². The monoisotopic (exact) mass is 460 g/mol. The average molecular weight is 460 g/mol. The van der Waals surface area contributed by atoms with Crippen LogP contribution in [-0.2, 0) is 19.9 Å². The first-order valence-electron chi connectivity index (χ1n) is 11.5. The Morgan fingerprint density at radius 2 is 1.79 bits per heavy atom. The van der Waals surface area contributed by atoms with Gasteiger partial charge in [-0.25, -0.2) is 4.90 Å². The van der Waals surface area contributed by atoms with Gasteiger partial charge >= 0.3 is 0 Å². The van der Waals surface area contributed by atoms with Crippen molar-refractivity contribution in [1.29, 1.82) is 0 Å². The van der Waals surface area contributed by atoms with Gasteiger partial charge in [0.05, 0.1) is 22.4 Å². The van der Waals surface area contributed by atoms with E-state index < -0.39 is 28.2 Å². The van der Waals surface area contributed by atoms with Gasteiger partial charge in [0.1, 0.15) is 5.54 Å². The molecule has 0 bridgehead atoms. The third-order valence-electron chi connectivity index (χ3n) is 8.35. The van der Waals surface area contributed by atoms with Crippen LogP contribution in [0.15, 0.2) is 30.3 Å². The van der Waals surface area contributed by atoms with Gasteiger partial charge in [-0.3, -0.25) is 29.4 Å². The van der Waals surface area contributed by atoms with Crippen molar-refractivity contribution in [3.05, 3.63) is 62.7 Å². The highest BCUT2D eigenvalue weighted by molar-refractivity contribution is 6.26. The number of amides is 3. The maximum absolute atomic E-state index is 14.0. The minimum atomic E-state index is -1.25. The van der Waals surface area contributed by atoms with Crippen molar-refractivity contribution in [3.8, 4) is 0 Å². The smallest absolute Gasteiger partial charge is 0.274 e. The van der Waals surface area contributed by atoms with Crippen molar-refractivity contribution in [1.82, 2.24) is 4.90 Å². The van der Waals surface area contributed by atoms with Crippen molar-refractivity contribution in [2.75, 3.05) is 16.8 Å². The minimum Gasteiger partial charge on any atom is -0.324 e. The van der Waals surface area contributed by atoms with Crippen LogP contribution in [0.4, 0.5) is 17.1 Å². The van der Waals surface area contributed by atoms with Gasteiger partial charge in [-0.15, -0.1) is 0 Å². The zero-order chi connectivity index (χ0) is 24.1. The SMILES string of the molecule is Cc1ccc(N2C(=O)[C@@H]3[C@@H]4CCCN4[C@]4(C(=O)Nc5c4ccc(C)c5C)[C@H]3C2=O)cc1[N+](=O)[O-]. The molecular formula is C25H24N4O5. The van der Waals surface area contributed by atoms with Gasteiger partial charge in [-0.2, -0.15) is 0 Å². The van der Waals surface area contributed by atoms with E-state index in [1.165, 1.54) is 6.07 Å². The summed E-state index contributed by atoms with van der Waals surface area (Å²) in [4.78, 5) is 55.6. The van der Waals surface area contributed by atoms with Gasteiger partial charge in [0.15, 0.2) is 0 Å². The van der Waals surface area contributed by atoms with Crippen LogP contribution in [-0.4, -0.2) is 40.1 Å². The highest BCUT2D eigenvalue weighted by Crippen LogP contribution is 2.61. The molecule has 3 amide bonds. The number of aryl methyl sites for hydroxylation is 2. The van der Waals surface area contributed by atoms with Crippen LogP contribution in [0.3, 0.4) is 0 Å². The lowest BCUT2D eigenvalue weighted by Crippen LogP contribution is -2.54. The summed E-state index contributed by atoms with van der Waals surface area (Å²) in [5.74, 6) is -2.67. The Labute approximate surface area is 195 Å². The van der Waals surface area contributed by atoms with Gasteiger partial charge < -0.3 is 5.32 Å². The highest BCUT2D eigenvalue weighted by Gasteiger charge is 2.74. The maximum Gasteiger partial charge on any atom is 0.274 e. The molecule has 3 saturated heterocycles. The van der Waals surface area contributed by atoms with Crippen LogP contribution in [0.25, 0.3) is 0 Å². The molecule has 0 unspecified atom stereocenters. The lowest BCUT2D eigenvalue weighted by atomic mass is 9.75. The Hall–Kier alpha value is -3.59. The Morgan fingerprint density at radius 3 is 2.53 bits per heavy atom. The number of carbonyl (C=O) groups is 3. The molecule has 4 aliphatic rings. The van der Waals surface area contributed by atoms with E-state index in [-0.39, 0.29) is 29.2 Å². The third-order valence-corrected chi connectivity index (χ3v) is 8.35. The number of nitrogens with zero attached hydrogens (tertiary/aromatic N) is 3. The second-order valence-electron chi connectivity index (χ2n) is 9.80. The lowest BCUT2D eigenvalue weighted by Gasteiger charge is -2.36. The van der Waals surface area contributed by atoms with E-state index in [1.54, 1.807) is 19.1 Å². The summed E-state index contributed by atoms with van der Waals surface area (Å²) >= 11 is 0. The Kier molecular flexibility index (Phi) is 4.15. The number of rotatable bonds is 2.